The molecular weight excluding hydrogens is 682 g/mol. The summed E-state index contributed by atoms with van der Waals surface area (Å²) < 4.78 is 5.91. The molecule has 0 aliphatic heterocycles. The normalized spacial score (nSPS) is 31.3. The van der Waals surface area contributed by atoms with E-state index in [0.717, 1.165) is 56.7 Å². The number of hydrogen-bond donors (Lipinski definition) is 0. The molecule has 7 rings (SSSR count). The first-order chi connectivity index (χ1) is 24.6. The molecule has 5 aliphatic rings. The molecule has 2 aromatic rings. The highest BCUT2D eigenvalue weighted by molar-refractivity contribution is 6.27. The molecule has 0 spiro atoms. The molecule has 4 saturated carbocycles. The average Bonchev–Trinajstić information content (AvgIpc) is 3.58. The SMILES string of the molecule is CC(O/N=C1\c2cc([N+](=O)[O-])cc([N+](=O)[O-])c2-c2c1ccc([N+](=O)[O-])c2[N+](=O)[O-])C(=O)O[C@H]1CC[C@@]2(C)[C@@H](CC[C@@H]3[C@@H]2CC[C@]2(C)C(=O)CC[C@@H]32)C1. The summed E-state index contributed by atoms with van der Waals surface area (Å²) >= 11 is 0. The van der Waals surface area contributed by atoms with Crippen LogP contribution < -0.4 is 0 Å². The van der Waals surface area contributed by atoms with Crippen molar-refractivity contribution < 1.29 is 38.9 Å². The van der Waals surface area contributed by atoms with Gasteiger partial charge in [-0.05, 0) is 93.4 Å². The minimum atomic E-state index is -1.32. The molecule has 0 saturated heterocycles. The van der Waals surface area contributed by atoms with E-state index in [2.05, 4.69) is 19.0 Å². The Morgan fingerprint density at radius 3 is 2.25 bits per heavy atom. The number of carbonyl (C=O) groups excluding carboxylic acids is 2. The lowest BCUT2D eigenvalue weighted by atomic mass is 9.45. The van der Waals surface area contributed by atoms with Gasteiger partial charge in [0.15, 0.2) is 0 Å². The van der Waals surface area contributed by atoms with Crippen molar-refractivity contribution in [2.75, 3.05) is 0 Å². The summed E-state index contributed by atoms with van der Waals surface area (Å²) in [6, 6.07) is 3.44. The maximum Gasteiger partial charge on any atom is 0.354 e. The second-order valence-corrected chi connectivity index (χ2v) is 15.4. The van der Waals surface area contributed by atoms with E-state index in [0.29, 0.717) is 54.8 Å². The van der Waals surface area contributed by atoms with E-state index in [1.54, 1.807) is 0 Å². The van der Waals surface area contributed by atoms with Gasteiger partial charge in [-0.1, -0.05) is 19.0 Å². The van der Waals surface area contributed by atoms with Gasteiger partial charge in [-0.15, -0.1) is 0 Å². The Labute approximate surface area is 296 Å². The summed E-state index contributed by atoms with van der Waals surface area (Å²) in [7, 11) is 0. The number of Topliss-reactive ketones (excluding diaryl/α,β-unsaturated/α-hetero) is 1. The summed E-state index contributed by atoms with van der Waals surface area (Å²) in [6.07, 6.45) is 6.18. The first kappa shape index (κ1) is 35.1. The molecule has 0 heterocycles. The zero-order valence-corrected chi connectivity index (χ0v) is 28.8. The third-order valence-electron chi connectivity index (χ3n) is 13.0. The highest BCUT2D eigenvalue weighted by atomic mass is 16.7. The van der Waals surface area contributed by atoms with E-state index in [-0.39, 0.29) is 33.8 Å². The van der Waals surface area contributed by atoms with Gasteiger partial charge in [0.1, 0.15) is 17.6 Å². The second-order valence-electron chi connectivity index (χ2n) is 15.4. The predicted molar refractivity (Wildman–Crippen MR) is 181 cm³/mol. The van der Waals surface area contributed by atoms with Gasteiger partial charge in [0, 0.05) is 35.1 Å². The summed E-state index contributed by atoms with van der Waals surface area (Å²) in [5.74, 6) is 1.50. The first-order valence-electron chi connectivity index (χ1n) is 17.5. The van der Waals surface area contributed by atoms with Gasteiger partial charge in [0.05, 0.1) is 36.9 Å². The molecule has 0 aromatic heterocycles. The molecule has 4 fully saturated rings. The zero-order chi connectivity index (χ0) is 37.4. The van der Waals surface area contributed by atoms with Crippen LogP contribution in [0.15, 0.2) is 29.4 Å². The number of hydrogen-bond acceptors (Lipinski definition) is 13. The maximum absolute atomic E-state index is 13.3. The van der Waals surface area contributed by atoms with Crippen molar-refractivity contribution >= 4 is 40.2 Å². The Bertz CT molecular complexity index is 2000. The topological polar surface area (TPSA) is 238 Å². The van der Waals surface area contributed by atoms with Crippen LogP contribution in [0.2, 0.25) is 0 Å². The van der Waals surface area contributed by atoms with E-state index in [1.807, 2.05) is 0 Å². The van der Waals surface area contributed by atoms with Crippen LogP contribution in [0, 0.1) is 75.0 Å². The number of nitro benzene ring substituents is 4. The summed E-state index contributed by atoms with van der Waals surface area (Å²) in [5, 5.41) is 51.6. The standard InChI is InChI=1S/C35H37N5O12/c1-17(33(42)51-20-10-12-34(2)18(14-20)4-5-21-24-7-9-28(41)35(24,3)13-11-25(21)34)52-36-31-22-6-8-26(38(45)46)32(40(49)50)30(22)29-23(31)15-19(37(43)44)16-27(29)39(47)48/h6,8,15-18,20-21,24-25H,4-5,7,9-14H2,1-3H3/b36-31-/t17?,18-,20-,21-,24-,25-,34-,35-/m0/s1. The van der Waals surface area contributed by atoms with Gasteiger partial charge in [-0.25, -0.2) is 4.79 Å². The number of fused-ring (bicyclic) bond motifs is 8. The van der Waals surface area contributed by atoms with Crippen LogP contribution in [0.4, 0.5) is 22.7 Å². The largest absolute Gasteiger partial charge is 0.460 e. The number of rotatable bonds is 8. The average molecular weight is 720 g/mol. The first-order valence-corrected chi connectivity index (χ1v) is 17.5. The van der Waals surface area contributed by atoms with Crippen LogP contribution in [-0.2, 0) is 19.2 Å². The number of nitrogens with zero attached hydrogens (tertiary/aromatic N) is 5. The Kier molecular flexibility index (Phi) is 8.37. The molecule has 8 atom stereocenters. The highest BCUT2D eigenvalue weighted by Gasteiger charge is 2.60. The van der Waals surface area contributed by atoms with Crippen LogP contribution in [0.5, 0.6) is 0 Å². The van der Waals surface area contributed by atoms with E-state index in [4.69, 9.17) is 9.57 Å². The van der Waals surface area contributed by atoms with Crippen LogP contribution in [0.25, 0.3) is 11.1 Å². The lowest BCUT2D eigenvalue weighted by Gasteiger charge is -2.60. The van der Waals surface area contributed by atoms with Gasteiger partial charge in [0.25, 0.3) is 11.4 Å². The third kappa shape index (κ3) is 5.30. The summed E-state index contributed by atoms with van der Waals surface area (Å²) in [5.41, 5.74) is -5.53. The van der Waals surface area contributed by atoms with E-state index >= 15 is 0 Å². The summed E-state index contributed by atoms with van der Waals surface area (Å²) in [4.78, 5) is 75.3. The minimum absolute atomic E-state index is 0.0824. The molecule has 0 amide bonds. The Morgan fingerprint density at radius 2 is 1.58 bits per heavy atom. The molecule has 0 N–H and O–H groups in total. The number of oxime groups is 1. The molecular formula is C35H37N5O12. The van der Waals surface area contributed by atoms with Crippen molar-refractivity contribution in [3.63, 3.8) is 0 Å². The number of ketones is 1. The molecule has 1 unspecified atom stereocenters. The van der Waals surface area contributed by atoms with Crippen LogP contribution in [-0.4, -0.2) is 49.4 Å². The number of nitro groups is 4. The van der Waals surface area contributed by atoms with E-state index in [1.165, 1.54) is 6.92 Å². The van der Waals surface area contributed by atoms with Crippen LogP contribution >= 0.6 is 0 Å². The van der Waals surface area contributed by atoms with E-state index in [9.17, 15) is 50.0 Å². The van der Waals surface area contributed by atoms with Crippen molar-refractivity contribution in [2.24, 2.45) is 39.7 Å². The molecule has 17 heteroatoms. The lowest BCUT2D eigenvalue weighted by Crippen LogP contribution is -2.54. The predicted octanol–water partition coefficient (Wildman–Crippen LogP) is 6.98. The third-order valence-corrected chi connectivity index (χ3v) is 13.0. The van der Waals surface area contributed by atoms with Crippen molar-refractivity contribution in [1.82, 2.24) is 0 Å². The maximum atomic E-state index is 13.3. The highest BCUT2D eigenvalue weighted by Crippen LogP contribution is 2.65. The molecule has 17 nitrogen and oxygen atoms in total. The van der Waals surface area contributed by atoms with E-state index < -0.39 is 65.6 Å². The Morgan fingerprint density at radius 1 is 0.846 bits per heavy atom. The molecule has 0 radical (unpaired) electrons. The van der Waals surface area contributed by atoms with Gasteiger partial charge in [0.2, 0.25) is 6.10 Å². The Balaban J connectivity index is 1.12. The van der Waals surface area contributed by atoms with Crippen molar-refractivity contribution in [1.29, 1.82) is 0 Å². The van der Waals surface area contributed by atoms with Crippen molar-refractivity contribution in [2.45, 2.75) is 90.8 Å². The van der Waals surface area contributed by atoms with Crippen LogP contribution in [0.1, 0.15) is 89.7 Å². The number of carbonyl (C=O) groups is 2. The smallest absolute Gasteiger partial charge is 0.354 e. The fraction of sp³-hybridized carbons (Fsp3) is 0.571. The molecule has 2 aromatic carbocycles. The van der Waals surface area contributed by atoms with Crippen LogP contribution in [0.3, 0.4) is 0 Å². The second kappa shape index (κ2) is 12.4. The number of ether oxygens (including phenoxy) is 1. The number of benzene rings is 2. The van der Waals surface area contributed by atoms with Gasteiger partial charge >= 0.3 is 17.3 Å². The van der Waals surface area contributed by atoms with Crippen molar-refractivity contribution in [3.8, 4) is 11.1 Å². The van der Waals surface area contributed by atoms with Gasteiger partial charge < -0.3 is 9.57 Å². The van der Waals surface area contributed by atoms with Gasteiger partial charge in [-0.3, -0.25) is 45.3 Å². The quantitative estimate of drug-likeness (QED) is 0.130. The van der Waals surface area contributed by atoms with Crippen molar-refractivity contribution in [3.05, 3.63) is 75.8 Å². The van der Waals surface area contributed by atoms with Gasteiger partial charge in [-0.2, -0.15) is 0 Å². The molecule has 52 heavy (non-hydrogen) atoms. The minimum Gasteiger partial charge on any atom is -0.460 e. The molecule has 5 aliphatic carbocycles. The number of esters is 1. The Hall–Kier alpha value is -5.35. The molecule has 0 bridgehead atoms. The lowest BCUT2D eigenvalue weighted by molar-refractivity contribution is -0.422. The fourth-order valence-corrected chi connectivity index (χ4v) is 10.4. The number of non-ortho nitro benzene ring substituents is 1. The zero-order valence-electron chi connectivity index (χ0n) is 28.8. The monoisotopic (exact) mass is 719 g/mol. The summed E-state index contributed by atoms with van der Waals surface area (Å²) in [6.45, 7) is 5.89. The fourth-order valence-electron chi connectivity index (χ4n) is 10.4. The molecule has 274 valence electrons.